The summed E-state index contributed by atoms with van der Waals surface area (Å²) in [4.78, 5) is 28.2. The molecule has 34 heavy (non-hydrogen) atoms. The Bertz CT molecular complexity index is 1400. The highest BCUT2D eigenvalue weighted by atomic mass is 32.2. The van der Waals surface area contributed by atoms with Gasteiger partial charge >= 0.3 is 0 Å². The number of sulfonamides is 1. The number of hydrogen-bond donors (Lipinski definition) is 0. The number of benzene rings is 2. The largest absolute Gasteiger partial charge is 0.335 e. The number of carbonyl (C=O) groups is 1. The fourth-order valence-electron chi connectivity index (χ4n) is 4.17. The van der Waals surface area contributed by atoms with Gasteiger partial charge in [-0.25, -0.2) is 13.1 Å². The number of amides is 1. The van der Waals surface area contributed by atoms with E-state index < -0.39 is 10.0 Å². The number of rotatable bonds is 5. The van der Waals surface area contributed by atoms with E-state index in [1.54, 1.807) is 41.3 Å². The van der Waals surface area contributed by atoms with Gasteiger partial charge in [0.25, 0.3) is 11.5 Å². The van der Waals surface area contributed by atoms with Crippen molar-refractivity contribution in [2.75, 3.05) is 26.2 Å². The molecule has 1 saturated heterocycles. The lowest BCUT2D eigenvalue weighted by Gasteiger charge is -2.34. The Hall–Kier alpha value is -3.04. The summed E-state index contributed by atoms with van der Waals surface area (Å²) < 4.78 is 29.0. The standard InChI is InChI=1S/C25H30N4O4S/c1-17(2)16-29-24(30)22-8-6-5-7-21(22)23(26-29)25(31)27-11-13-28(14-12-27)34(32,33)20-10-9-18(3)19(4)15-20/h5-10,15,17H,11-14,16H2,1-4H3. The summed E-state index contributed by atoms with van der Waals surface area (Å²) in [5, 5.41) is 5.40. The van der Waals surface area contributed by atoms with Crippen LogP contribution in [0.15, 0.2) is 52.2 Å². The number of hydrogen-bond acceptors (Lipinski definition) is 5. The molecule has 0 aliphatic carbocycles. The molecule has 0 saturated carbocycles. The zero-order chi connectivity index (χ0) is 24.6. The summed E-state index contributed by atoms with van der Waals surface area (Å²) in [6.07, 6.45) is 0. The van der Waals surface area contributed by atoms with Crippen LogP contribution in [0.3, 0.4) is 0 Å². The molecule has 0 atom stereocenters. The zero-order valence-electron chi connectivity index (χ0n) is 20.0. The van der Waals surface area contributed by atoms with Crippen molar-refractivity contribution in [1.82, 2.24) is 19.0 Å². The predicted molar refractivity (Wildman–Crippen MR) is 131 cm³/mol. The van der Waals surface area contributed by atoms with Crippen molar-refractivity contribution in [1.29, 1.82) is 0 Å². The molecule has 0 unspecified atom stereocenters. The van der Waals surface area contributed by atoms with Crippen LogP contribution in [0.1, 0.15) is 35.5 Å². The molecule has 4 rings (SSSR count). The number of nitrogens with zero attached hydrogens (tertiary/aromatic N) is 4. The Morgan fingerprint density at radius 3 is 2.24 bits per heavy atom. The fourth-order valence-corrected chi connectivity index (χ4v) is 5.68. The van der Waals surface area contributed by atoms with Crippen molar-refractivity contribution >= 4 is 26.7 Å². The Morgan fingerprint density at radius 2 is 1.62 bits per heavy atom. The fraction of sp³-hybridized carbons (Fsp3) is 0.400. The first-order chi connectivity index (χ1) is 16.1. The molecule has 1 aliphatic rings. The molecular formula is C25H30N4O4S. The molecule has 9 heteroatoms. The lowest BCUT2D eigenvalue weighted by Crippen LogP contribution is -2.50. The van der Waals surface area contributed by atoms with Crippen LogP contribution in [0.5, 0.6) is 0 Å². The minimum atomic E-state index is -3.64. The van der Waals surface area contributed by atoms with Crippen LogP contribution in [0.25, 0.3) is 10.8 Å². The van der Waals surface area contributed by atoms with Crippen LogP contribution in [-0.2, 0) is 16.6 Å². The second-order valence-electron chi connectivity index (χ2n) is 9.22. The minimum Gasteiger partial charge on any atom is -0.335 e. The van der Waals surface area contributed by atoms with Crippen molar-refractivity contribution in [3.63, 3.8) is 0 Å². The SMILES string of the molecule is Cc1ccc(S(=O)(=O)N2CCN(C(=O)c3nn(CC(C)C)c(=O)c4ccccc34)CC2)cc1C. The Morgan fingerprint density at radius 1 is 0.971 bits per heavy atom. The van der Waals surface area contributed by atoms with E-state index in [0.717, 1.165) is 11.1 Å². The van der Waals surface area contributed by atoms with Gasteiger partial charge in [-0.1, -0.05) is 38.1 Å². The summed E-state index contributed by atoms with van der Waals surface area (Å²) in [7, 11) is -3.64. The first-order valence-electron chi connectivity index (χ1n) is 11.5. The molecule has 0 radical (unpaired) electrons. The molecule has 3 aromatic rings. The number of aromatic nitrogens is 2. The normalized spacial score (nSPS) is 15.3. The van der Waals surface area contributed by atoms with Crippen molar-refractivity contribution in [2.45, 2.75) is 39.1 Å². The van der Waals surface area contributed by atoms with Crippen LogP contribution < -0.4 is 5.56 Å². The van der Waals surface area contributed by atoms with Crippen molar-refractivity contribution in [3.05, 3.63) is 69.6 Å². The van der Waals surface area contributed by atoms with E-state index in [4.69, 9.17) is 0 Å². The third kappa shape index (κ3) is 4.50. The van der Waals surface area contributed by atoms with E-state index in [1.165, 1.54) is 8.99 Å². The van der Waals surface area contributed by atoms with E-state index >= 15 is 0 Å². The Balaban J connectivity index is 1.59. The smallest absolute Gasteiger partial charge is 0.275 e. The molecule has 2 heterocycles. The third-order valence-corrected chi connectivity index (χ3v) is 8.15. The summed E-state index contributed by atoms with van der Waals surface area (Å²) in [5.41, 5.74) is 1.96. The minimum absolute atomic E-state index is 0.188. The highest BCUT2D eigenvalue weighted by molar-refractivity contribution is 7.89. The maximum absolute atomic E-state index is 13.5. The van der Waals surface area contributed by atoms with Crippen LogP contribution in [0, 0.1) is 19.8 Å². The summed E-state index contributed by atoms with van der Waals surface area (Å²) in [6, 6.07) is 12.1. The molecule has 0 bridgehead atoms. The lowest BCUT2D eigenvalue weighted by atomic mass is 10.1. The van der Waals surface area contributed by atoms with Gasteiger partial charge in [0.05, 0.1) is 10.3 Å². The lowest BCUT2D eigenvalue weighted by molar-refractivity contribution is 0.0691. The maximum atomic E-state index is 13.5. The molecular weight excluding hydrogens is 452 g/mol. The van der Waals surface area contributed by atoms with Gasteiger partial charge in [0, 0.05) is 38.1 Å². The second kappa shape index (κ2) is 9.31. The molecule has 0 spiro atoms. The first-order valence-corrected chi connectivity index (χ1v) is 12.9. The van der Waals surface area contributed by atoms with Gasteiger partial charge in [-0.05, 0) is 49.1 Å². The highest BCUT2D eigenvalue weighted by Crippen LogP contribution is 2.22. The molecule has 2 aromatic carbocycles. The maximum Gasteiger partial charge on any atom is 0.275 e. The number of aryl methyl sites for hydroxylation is 2. The molecule has 180 valence electrons. The van der Waals surface area contributed by atoms with Gasteiger partial charge in [0.1, 0.15) is 0 Å². The molecule has 0 N–H and O–H groups in total. The Labute approximate surface area is 199 Å². The van der Waals surface area contributed by atoms with Gasteiger partial charge < -0.3 is 4.90 Å². The summed E-state index contributed by atoms with van der Waals surface area (Å²) in [6.45, 7) is 9.12. The average molecular weight is 483 g/mol. The third-order valence-electron chi connectivity index (χ3n) is 6.25. The van der Waals surface area contributed by atoms with E-state index in [-0.39, 0.29) is 54.2 Å². The Kier molecular flexibility index (Phi) is 6.60. The predicted octanol–water partition coefficient (Wildman–Crippen LogP) is 2.82. The van der Waals surface area contributed by atoms with Crippen LogP contribution in [-0.4, -0.2) is 59.5 Å². The molecule has 1 aromatic heterocycles. The quantitative estimate of drug-likeness (QED) is 0.558. The van der Waals surface area contributed by atoms with Crippen LogP contribution in [0.2, 0.25) is 0 Å². The number of piperazine rings is 1. The first kappa shape index (κ1) is 24.1. The monoisotopic (exact) mass is 482 g/mol. The van der Waals surface area contributed by atoms with E-state index in [1.807, 2.05) is 33.8 Å². The number of fused-ring (bicyclic) bond motifs is 1. The van der Waals surface area contributed by atoms with E-state index in [2.05, 4.69) is 5.10 Å². The van der Waals surface area contributed by atoms with Crippen molar-refractivity contribution < 1.29 is 13.2 Å². The van der Waals surface area contributed by atoms with Crippen LogP contribution >= 0.6 is 0 Å². The zero-order valence-corrected chi connectivity index (χ0v) is 20.8. The molecule has 1 fully saturated rings. The van der Waals surface area contributed by atoms with Crippen molar-refractivity contribution in [3.8, 4) is 0 Å². The average Bonchev–Trinajstić information content (AvgIpc) is 2.82. The van der Waals surface area contributed by atoms with Crippen molar-refractivity contribution in [2.24, 2.45) is 5.92 Å². The second-order valence-corrected chi connectivity index (χ2v) is 11.2. The van der Waals surface area contributed by atoms with E-state index in [9.17, 15) is 18.0 Å². The number of carbonyl (C=O) groups excluding carboxylic acids is 1. The molecule has 8 nitrogen and oxygen atoms in total. The molecule has 1 aliphatic heterocycles. The summed E-state index contributed by atoms with van der Waals surface area (Å²) in [5.74, 6) is -0.106. The summed E-state index contributed by atoms with van der Waals surface area (Å²) >= 11 is 0. The van der Waals surface area contributed by atoms with Gasteiger partial charge in [0.15, 0.2) is 5.69 Å². The van der Waals surface area contributed by atoms with Gasteiger partial charge in [0.2, 0.25) is 10.0 Å². The van der Waals surface area contributed by atoms with Gasteiger partial charge in [-0.2, -0.15) is 9.40 Å². The van der Waals surface area contributed by atoms with Gasteiger partial charge in [-0.3, -0.25) is 9.59 Å². The molecule has 1 amide bonds. The topological polar surface area (TPSA) is 92.6 Å². The van der Waals surface area contributed by atoms with E-state index in [0.29, 0.717) is 17.3 Å². The highest BCUT2D eigenvalue weighted by Gasteiger charge is 2.32. The van der Waals surface area contributed by atoms with Crippen LogP contribution in [0.4, 0.5) is 0 Å². The van der Waals surface area contributed by atoms with Gasteiger partial charge in [-0.15, -0.1) is 0 Å².